The normalized spacial score (nSPS) is 10.1. The van der Waals surface area contributed by atoms with Crippen molar-refractivity contribution in [3.63, 3.8) is 0 Å². The molecular formula is C16H34Zn2. The molecule has 0 aliphatic heterocycles. The first-order valence-corrected chi connectivity index (χ1v) is 12.6. The van der Waals surface area contributed by atoms with Crippen molar-refractivity contribution in [2.24, 2.45) is 0 Å². The molecule has 18 heavy (non-hydrogen) atoms. The van der Waals surface area contributed by atoms with Crippen molar-refractivity contribution in [2.45, 2.75) is 101 Å². The predicted octanol–water partition coefficient (Wildman–Crippen LogP) is 6.62. The van der Waals surface area contributed by atoms with Gasteiger partial charge in [0.2, 0.25) is 0 Å². The van der Waals surface area contributed by atoms with Gasteiger partial charge in [0, 0.05) is 0 Å². The van der Waals surface area contributed by atoms with Crippen molar-refractivity contribution in [1.82, 2.24) is 0 Å². The molecule has 0 nitrogen and oxygen atoms in total. The topological polar surface area (TPSA) is 0 Å². The summed E-state index contributed by atoms with van der Waals surface area (Å²) in [5.74, 6) is 0. The third-order valence-electron chi connectivity index (χ3n) is 3.21. The van der Waals surface area contributed by atoms with Crippen LogP contribution in [0.4, 0.5) is 0 Å². The molecule has 0 aromatic rings. The van der Waals surface area contributed by atoms with E-state index in [0.717, 1.165) is 0 Å². The third kappa shape index (κ3) is 25.9. The van der Waals surface area contributed by atoms with Crippen molar-refractivity contribution in [3.8, 4) is 0 Å². The van der Waals surface area contributed by atoms with Gasteiger partial charge in [0.05, 0.1) is 0 Å². The van der Waals surface area contributed by atoms with Gasteiger partial charge in [0.1, 0.15) is 0 Å². The maximum absolute atomic E-state index is 2.27. The van der Waals surface area contributed by atoms with Gasteiger partial charge in [-0.05, 0) is 0 Å². The summed E-state index contributed by atoms with van der Waals surface area (Å²) >= 11 is 2.99. The van der Waals surface area contributed by atoms with E-state index in [2.05, 4.69) is 13.8 Å². The summed E-state index contributed by atoms with van der Waals surface area (Å²) in [4.78, 5) is 0. The van der Waals surface area contributed by atoms with E-state index in [4.69, 9.17) is 0 Å². The first kappa shape index (κ1) is 21.5. The van der Waals surface area contributed by atoms with Gasteiger partial charge in [-0.2, -0.15) is 0 Å². The average molecular weight is 357 g/mol. The van der Waals surface area contributed by atoms with Crippen molar-refractivity contribution in [2.75, 3.05) is 0 Å². The van der Waals surface area contributed by atoms with Crippen LogP contribution in [0.2, 0.25) is 10.0 Å². The van der Waals surface area contributed by atoms with Crippen LogP contribution in [0.15, 0.2) is 0 Å². The van der Waals surface area contributed by atoms with Gasteiger partial charge in [0.25, 0.3) is 0 Å². The fourth-order valence-electron chi connectivity index (χ4n) is 1.91. The molecule has 0 amide bonds. The molecule has 0 spiro atoms. The van der Waals surface area contributed by atoms with Crippen molar-refractivity contribution < 1.29 is 36.6 Å². The van der Waals surface area contributed by atoms with Crippen molar-refractivity contribution in [1.29, 1.82) is 0 Å². The molecule has 0 aliphatic rings. The fraction of sp³-hybridized carbons (Fsp3) is 1.00. The summed E-state index contributed by atoms with van der Waals surface area (Å²) in [5.41, 5.74) is 0. The third-order valence-corrected chi connectivity index (χ3v) is 5.31. The van der Waals surface area contributed by atoms with Gasteiger partial charge >= 0.3 is 138 Å². The van der Waals surface area contributed by atoms with E-state index in [9.17, 15) is 0 Å². The average Bonchev–Trinajstić information content (AvgIpc) is 2.39. The van der Waals surface area contributed by atoms with E-state index in [1.54, 1.807) is 0 Å². The summed E-state index contributed by atoms with van der Waals surface area (Å²) in [6.45, 7) is 4.54. The molecule has 0 aromatic heterocycles. The Morgan fingerprint density at radius 3 is 1.00 bits per heavy atom. The van der Waals surface area contributed by atoms with E-state index in [1.807, 2.05) is 0 Å². The zero-order valence-electron chi connectivity index (χ0n) is 13.3. The van der Waals surface area contributed by atoms with Gasteiger partial charge in [-0.3, -0.25) is 0 Å². The molecule has 0 aliphatic carbocycles. The molecule has 0 fully saturated rings. The quantitative estimate of drug-likeness (QED) is 0.272. The van der Waals surface area contributed by atoms with Crippen LogP contribution in [0.25, 0.3) is 0 Å². The van der Waals surface area contributed by atoms with Crippen LogP contribution >= 0.6 is 0 Å². The van der Waals surface area contributed by atoms with Gasteiger partial charge in [-0.15, -0.1) is 0 Å². The minimum absolute atomic E-state index is 1.38. The Balaban J connectivity index is 0. The standard InChI is InChI=1S/2C8H17.2Zn/c2*1-3-5-7-8-6-4-2;;/h2*1,3-8H2,2H3;;. The summed E-state index contributed by atoms with van der Waals surface area (Å²) in [6.07, 6.45) is 17.5. The Bertz CT molecular complexity index is 89.7. The van der Waals surface area contributed by atoms with Crippen molar-refractivity contribution in [3.05, 3.63) is 0 Å². The Hall–Kier alpha value is 1.25. The SMILES string of the molecule is CCCCCCC[CH2][Zn].CCCCCCC[CH2][Zn]. The first-order chi connectivity index (χ1) is 8.83. The van der Waals surface area contributed by atoms with E-state index >= 15 is 0 Å². The molecular weight excluding hydrogens is 323 g/mol. The number of rotatable bonds is 12. The summed E-state index contributed by atoms with van der Waals surface area (Å²) < 4.78 is 0. The second kappa shape index (κ2) is 23.3. The van der Waals surface area contributed by atoms with Crippen LogP contribution in [-0.2, 0) is 36.6 Å². The zero-order valence-corrected chi connectivity index (χ0v) is 19.2. The summed E-state index contributed by atoms with van der Waals surface area (Å²) in [6, 6.07) is 0. The Labute approximate surface area is 137 Å². The van der Waals surface area contributed by atoms with Crippen molar-refractivity contribution >= 4 is 0 Å². The maximum atomic E-state index is 2.27. The monoisotopic (exact) mass is 354 g/mol. The van der Waals surface area contributed by atoms with Gasteiger partial charge < -0.3 is 0 Å². The van der Waals surface area contributed by atoms with E-state index in [0.29, 0.717) is 0 Å². The first-order valence-electron chi connectivity index (χ1n) is 8.41. The Morgan fingerprint density at radius 2 is 0.722 bits per heavy atom. The molecule has 0 heterocycles. The van der Waals surface area contributed by atoms with Gasteiger partial charge in [-0.1, -0.05) is 0 Å². The molecule has 0 unspecified atom stereocenters. The Kier molecular flexibility index (Phi) is 27.9. The second-order valence-electron chi connectivity index (χ2n) is 5.24. The molecule has 102 valence electrons. The molecule has 0 atom stereocenters. The molecule has 0 N–H and O–H groups in total. The second-order valence-corrected chi connectivity index (χ2v) is 8.21. The molecule has 0 radical (unpaired) electrons. The predicted molar refractivity (Wildman–Crippen MR) is 76.4 cm³/mol. The molecule has 0 saturated carbocycles. The van der Waals surface area contributed by atoms with Crippen LogP contribution in [0.3, 0.4) is 0 Å². The fourth-order valence-corrected chi connectivity index (χ4v) is 3.40. The number of hydrogen-bond donors (Lipinski definition) is 0. The van der Waals surface area contributed by atoms with E-state index in [1.165, 1.54) is 124 Å². The molecule has 2 heteroatoms. The van der Waals surface area contributed by atoms with Crippen LogP contribution < -0.4 is 0 Å². The van der Waals surface area contributed by atoms with E-state index in [-0.39, 0.29) is 0 Å². The molecule has 0 bridgehead atoms. The number of unbranched alkanes of at least 4 members (excludes halogenated alkanes) is 10. The zero-order chi connectivity index (χ0) is 13.9. The molecule has 0 rings (SSSR count). The van der Waals surface area contributed by atoms with Crippen LogP contribution in [0.1, 0.15) is 90.9 Å². The van der Waals surface area contributed by atoms with Crippen LogP contribution in [-0.4, -0.2) is 0 Å². The summed E-state index contributed by atoms with van der Waals surface area (Å²) in [7, 11) is 0. The van der Waals surface area contributed by atoms with Gasteiger partial charge in [-0.25, -0.2) is 0 Å². The minimum atomic E-state index is 1.38. The van der Waals surface area contributed by atoms with Crippen LogP contribution in [0.5, 0.6) is 0 Å². The summed E-state index contributed by atoms with van der Waals surface area (Å²) in [5, 5.41) is 2.98. The molecule has 0 aromatic carbocycles. The van der Waals surface area contributed by atoms with E-state index < -0.39 is 0 Å². The molecule has 0 saturated heterocycles. The van der Waals surface area contributed by atoms with Crippen LogP contribution in [0, 0.1) is 0 Å². The number of hydrogen-bond acceptors (Lipinski definition) is 0. The Morgan fingerprint density at radius 1 is 0.444 bits per heavy atom. The van der Waals surface area contributed by atoms with Gasteiger partial charge in [0.15, 0.2) is 0 Å².